The second kappa shape index (κ2) is 10.6. The van der Waals surface area contributed by atoms with Crippen LogP contribution in [0.1, 0.15) is 59.4 Å². The van der Waals surface area contributed by atoms with Gasteiger partial charge in [0.1, 0.15) is 17.5 Å². The molecule has 2 aliphatic rings. The smallest absolute Gasteiger partial charge is 0.259 e. The number of amides is 2. The topological polar surface area (TPSA) is 83.0 Å². The number of likely N-dealkylation sites (N-methyl/N-ethyl adjacent to an activating group) is 1. The van der Waals surface area contributed by atoms with Gasteiger partial charge in [0.25, 0.3) is 11.8 Å². The van der Waals surface area contributed by atoms with Crippen LogP contribution in [0.3, 0.4) is 0 Å². The molecule has 35 heavy (non-hydrogen) atoms. The minimum absolute atomic E-state index is 0.149. The molecule has 7 nitrogen and oxygen atoms in total. The number of pyridine rings is 1. The van der Waals surface area contributed by atoms with Crippen molar-refractivity contribution in [2.45, 2.75) is 45.3 Å². The van der Waals surface area contributed by atoms with Crippen molar-refractivity contribution in [2.75, 3.05) is 26.7 Å². The molecule has 186 valence electrons. The fourth-order valence-electron chi connectivity index (χ4n) is 4.59. The first-order valence-corrected chi connectivity index (χ1v) is 12.1. The van der Waals surface area contributed by atoms with E-state index >= 15 is 0 Å². The highest BCUT2D eigenvalue weighted by molar-refractivity contribution is 5.97. The Labute approximate surface area is 205 Å². The fraction of sp³-hybridized carbons (Fsp3) is 0.444. The molecule has 3 atom stereocenters. The standard InChI is InChI=1S/C27H32FN3O4/c1-17-14-31(18(2)16-32)27(34)23-12-21(19-6-4-5-7-19)13-29-25(23)35-24(17)15-30(3)26(33)20-8-10-22(28)11-9-20/h6,8-13,17-18,24,32H,4-5,7,14-16H2,1-3H3/t17-,18-,24+/m1/s1. The van der Waals surface area contributed by atoms with Crippen LogP contribution in [-0.2, 0) is 0 Å². The number of aromatic nitrogens is 1. The first-order chi connectivity index (χ1) is 16.8. The highest BCUT2D eigenvalue weighted by Crippen LogP contribution is 2.32. The highest BCUT2D eigenvalue weighted by Gasteiger charge is 2.35. The van der Waals surface area contributed by atoms with E-state index in [4.69, 9.17) is 4.74 Å². The summed E-state index contributed by atoms with van der Waals surface area (Å²) in [7, 11) is 1.67. The molecule has 1 aromatic carbocycles. The Kier molecular flexibility index (Phi) is 7.50. The van der Waals surface area contributed by atoms with Crippen molar-refractivity contribution in [3.8, 4) is 5.88 Å². The molecular formula is C27H32FN3O4. The Hall–Kier alpha value is -3.26. The normalized spacial score (nSPS) is 20.9. The third kappa shape index (κ3) is 5.37. The van der Waals surface area contributed by atoms with Crippen molar-refractivity contribution in [1.82, 2.24) is 14.8 Å². The van der Waals surface area contributed by atoms with E-state index in [1.165, 1.54) is 34.7 Å². The van der Waals surface area contributed by atoms with Crippen molar-refractivity contribution in [3.63, 3.8) is 0 Å². The molecular weight excluding hydrogens is 449 g/mol. The van der Waals surface area contributed by atoms with Crippen LogP contribution in [0.5, 0.6) is 5.88 Å². The summed E-state index contributed by atoms with van der Waals surface area (Å²) >= 11 is 0. The Balaban J connectivity index is 1.64. The van der Waals surface area contributed by atoms with Crippen LogP contribution in [0.25, 0.3) is 5.57 Å². The van der Waals surface area contributed by atoms with E-state index in [0.717, 1.165) is 24.8 Å². The Morgan fingerprint density at radius 3 is 2.74 bits per heavy atom. The SMILES string of the molecule is C[C@@H]1CN([C@H](C)CO)C(=O)c2cc(C3=CCCC3)cnc2O[C@H]1CN(C)C(=O)c1ccc(F)cc1. The summed E-state index contributed by atoms with van der Waals surface area (Å²) in [5, 5.41) is 9.83. The number of hydrogen-bond donors (Lipinski definition) is 1. The first kappa shape index (κ1) is 24.9. The first-order valence-electron chi connectivity index (χ1n) is 12.1. The van der Waals surface area contributed by atoms with E-state index < -0.39 is 11.9 Å². The zero-order chi connectivity index (χ0) is 25.1. The number of nitrogens with zero attached hydrogens (tertiary/aromatic N) is 3. The summed E-state index contributed by atoms with van der Waals surface area (Å²) < 4.78 is 19.6. The van der Waals surface area contributed by atoms with E-state index in [2.05, 4.69) is 11.1 Å². The maximum Gasteiger partial charge on any atom is 0.259 e. The van der Waals surface area contributed by atoms with Crippen molar-refractivity contribution in [1.29, 1.82) is 0 Å². The van der Waals surface area contributed by atoms with Gasteiger partial charge in [0.2, 0.25) is 5.88 Å². The third-order valence-electron chi connectivity index (χ3n) is 6.82. The number of allylic oxidation sites excluding steroid dienone is 2. The lowest BCUT2D eigenvalue weighted by Gasteiger charge is -2.37. The van der Waals surface area contributed by atoms with Gasteiger partial charge in [-0.1, -0.05) is 13.0 Å². The van der Waals surface area contributed by atoms with E-state index in [9.17, 15) is 19.1 Å². The van der Waals surface area contributed by atoms with Crippen LogP contribution in [0.2, 0.25) is 0 Å². The van der Waals surface area contributed by atoms with Crippen LogP contribution < -0.4 is 4.74 Å². The molecule has 2 heterocycles. The number of carbonyl (C=O) groups excluding carboxylic acids is 2. The molecule has 0 spiro atoms. The molecule has 1 aliphatic carbocycles. The van der Waals surface area contributed by atoms with Gasteiger partial charge in [-0.05, 0) is 67.7 Å². The monoisotopic (exact) mass is 481 g/mol. The molecule has 0 bridgehead atoms. The maximum absolute atomic E-state index is 13.5. The number of rotatable bonds is 6. The molecule has 0 radical (unpaired) electrons. The van der Waals surface area contributed by atoms with E-state index in [0.29, 0.717) is 17.7 Å². The molecule has 0 fully saturated rings. The van der Waals surface area contributed by atoms with Gasteiger partial charge in [-0.2, -0.15) is 0 Å². The predicted molar refractivity (Wildman–Crippen MR) is 131 cm³/mol. The van der Waals surface area contributed by atoms with Gasteiger partial charge < -0.3 is 19.6 Å². The molecule has 0 saturated heterocycles. The third-order valence-corrected chi connectivity index (χ3v) is 6.82. The predicted octanol–water partition coefficient (Wildman–Crippen LogP) is 3.78. The average molecular weight is 482 g/mol. The van der Waals surface area contributed by atoms with Gasteiger partial charge in [0, 0.05) is 31.3 Å². The number of ether oxygens (including phenoxy) is 1. The van der Waals surface area contributed by atoms with Gasteiger partial charge in [-0.3, -0.25) is 9.59 Å². The minimum Gasteiger partial charge on any atom is -0.472 e. The van der Waals surface area contributed by atoms with Gasteiger partial charge in [-0.25, -0.2) is 9.37 Å². The zero-order valence-corrected chi connectivity index (χ0v) is 20.4. The van der Waals surface area contributed by atoms with Crippen molar-refractivity contribution < 1.29 is 23.8 Å². The van der Waals surface area contributed by atoms with E-state index in [-0.39, 0.29) is 42.8 Å². The zero-order valence-electron chi connectivity index (χ0n) is 20.4. The summed E-state index contributed by atoms with van der Waals surface area (Å²) in [5.41, 5.74) is 2.82. The number of aliphatic hydroxyl groups excluding tert-OH is 1. The second-order valence-corrected chi connectivity index (χ2v) is 9.51. The highest BCUT2D eigenvalue weighted by atomic mass is 19.1. The van der Waals surface area contributed by atoms with Crippen molar-refractivity contribution in [3.05, 3.63) is 65.1 Å². The fourth-order valence-corrected chi connectivity index (χ4v) is 4.59. The lowest BCUT2D eigenvalue weighted by molar-refractivity contribution is 0.0313. The van der Waals surface area contributed by atoms with E-state index in [1.807, 2.05) is 19.9 Å². The second-order valence-electron chi connectivity index (χ2n) is 9.51. The van der Waals surface area contributed by atoms with Crippen LogP contribution in [0, 0.1) is 11.7 Å². The number of carbonyl (C=O) groups is 2. The molecule has 1 aliphatic heterocycles. The number of hydrogen-bond acceptors (Lipinski definition) is 5. The molecule has 1 aromatic heterocycles. The van der Waals surface area contributed by atoms with Gasteiger partial charge in [-0.15, -0.1) is 0 Å². The Bertz CT molecular complexity index is 1120. The molecule has 0 unspecified atom stereocenters. The minimum atomic E-state index is -0.450. The number of aliphatic hydroxyl groups is 1. The number of halogens is 1. The molecule has 2 amide bonds. The average Bonchev–Trinajstić information content (AvgIpc) is 3.40. The van der Waals surface area contributed by atoms with Crippen molar-refractivity contribution >= 4 is 17.4 Å². The summed E-state index contributed by atoms with van der Waals surface area (Å²) in [6, 6.07) is 6.87. The Morgan fingerprint density at radius 2 is 2.09 bits per heavy atom. The molecule has 4 rings (SSSR count). The lowest BCUT2D eigenvalue weighted by atomic mass is 9.99. The van der Waals surface area contributed by atoms with Gasteiger partial charge in [0.05, 0.1) is 19.2 Å². The summed E-state index contributed by atoms with van der Waals surface area (Å²) in [5.74, 6) is -0.804. The van der Waals surface area contributed by atoms with Crippen LogP contribution in [0.4, 0.5) is 4.39 Å². The Morgan fingerprint density at radius 1 is 1.34 bits per heavy atom. The largest absolute Gasteiger partial charge is 0.472 e. The molecule has 0 saturated carbocycles. The van der Waals surface area contributed by atoms with Crippen LogP contribution in [-0.4, -0.2) is 70.6 Å². The number of fused-ring (bicyclic) bond motifs is 1. The van der Waals surface area contributed by atoms with Crippen LogP contribution >= 0.6 is 0 Å². The van der Waals surface area contributed by atoms with Gasteiger partial charge >= 0.3 is 0 Å². The van der Waals surface area contributed by atoms with Crippen LogP contribution in [0.15, 0.2) is 42.6 Å². The summed E-state index contributed by atoms with van der Waals surface area (Å²) in [6.07, 6.45) is 6.50. The maximum atomic E-state index is 13.5. The molecule has 1 N–H and O–H groups in total. The van der Waals surface area contributed by atoms with Crippen molar-refractivity contribution in [2.24, 2.45) is 5.92 Å². The summed E-state index contributed by atoms with van der Waals surface area (Å²) in [6.45, 7) is 4.20. The molecule has 2 aromatic rings. The summed E-state index contributed by atoms with van der Waals surface area (Å²) in [4.78, 5) is 34.2. The van der Waals surface area contributed by atoms with E-state index in [1.54, 1.807) is 18.1 Å². The van der Waals surface area contributed by atoms with Gasteiger partial charge in [0.15, 0.2) is 0 Å². The lowest BCUT2D eigenvalue weighted by Crippen LogP contribution is -2.50. The number of benzene rings is 1. The molecule has 8 heteroatoms. The quantitative estimate of drug-likeness (QED) is 0.679.